The summed E-state index contributed by atoms with van der Waals surface area (Å²) in [6.45, 7) is 2.61. The Morgan fingerprint density at radius 3 is 2.74 bits per heavy atom. The van der Waals surface area contributed by atoms with E-state index in [0.717, 1.165) is 5.69 Å². The third kappa shape index (κ3) is 3.34. The topological polar surface area (TPSA) is 113 Å². The molecule has 1 fully saturated rings. The molecule has 9 nitrogen and oxygen atoms in total. The molecule has 136 valence electrons. The number of aromatic nitrogens is 4. The van der Waals surface area contributed by atoms with Crippen LogP contribution < -0.4 is 16.0 Å². The second kappa shape index (κ2) is 6.87. The molecule has 9 heteroatoms. The largest absolute Gasteiger partial charge is 0.354 e. The lowest BCUT2D eigenvalue weighted by atomic mass is 10.1. The van der Waals surface area contributed by atoms with E-state index in [4.69, 9.17) is 0 Å². The van der Waals surface area contributed by atoms with Crippen molar-refractivity contribution in [2.45, 2.75) is 13.3 Å². The molecule has 0 aliphatic carbocycles. The summed E-state index contributed by atoms with van der Waals surface area (Å²) in [6, 6.07) is 9.60. The van der Waals surface area contributed by atoms with Gasteiger partial charge in [-0.25, -0.2) is 0 Å². The number of carbonyl (C=O) groups is 2. The van der Waals surface area contributed by atoms with Crippen molar-refractivity contribution < 1.29 is 9.59 Å². The van der Waals surface area contributed by atoms with Crippen molar-refractivity contribution in [1.29, 1.82) is 0 Å². The summed E-state index contributed by atoms with van der Waals surface area (Å²) < 4.78 is 1.56. The molecule has 0 radical (unpaired) electrons. The number of nitrogens with one attached hydrogen (secondary N) is 3. The summed E-state index contributed by atoms with van der Waals surface area (Å²) in [7, 11) is 0. The van der Waals surface area contributed by atoms with Gasteiger partial charge in [0.1, 0.15) is 0 Å². The fourth-order valence-electron chi connectivity index (χ4n) is 2.77. The fraction of sp³-hybridized carbons (Fsp3) is 0.167. The van der Waals surface area contributed by atoms with Gasteiger partial charge in [0.25, 0.3) is 5.91 Å². The molecule has 1 aromatic carbocycles. The standard InChI is InChI=1S/C18H17N7O2/c1-2-19-17-23-15-12(8-11-9-14(26)22-16(11)27)10-20-25(15)18(24-17)21-13-6-4-3-5-7-13/h3-8,10H,2,9H2,1H3,(H,22,26,27)(H2,19,21,23,24). The normalized spacial score (nSPS) is 15.4. The molecule has 0 unspecified atom stereocenters. The van der Waals surface area contributed by atoms with E-state index in [1.807, 2.05) is 37.3 Å². The van der Waals surface area contributed by atoms with E-state index in [0.29, 0.717) is 35.2 Å². The highest BCUT2D eigenvalue weighted by Crippen LogP contribution is 2.22. The van der Waals surface area contributed by atoms with E-state index in [9.17, 15) is 9.59 Å². The number of carbonyl (C=O) groups excluding carboxylic acids is 2. The van der Waals surface area contributed by atoms with E-state index >= 15 is 0 Å². The predicted molar refractivity (Wildman–Crippen MR) is 100 cm³/mol. The maximum atomic E-state index is 11.8. The lowest BCUT2D eigenvalue weighted by Crippen LogP contribution is -2.19. The van der Waals surface area contributed by atoms with Gasteiger partial charge in [0.2, 0.25) is 17.8 Å². The fourth-order valence-corrected chi connectivity index (χ4v) is 2.77. The number of hydrogen-bond acceptors (Lipinski definition) is 7. The van der Waals surface area contributed by atoms with Gasteiger partial charge in [0, 0.05) is 23.4 Å². The molecule has 1 aliphatic rings. The highest BCUT2D eigenvalue weighted by atomic mass is 16.2. The van der Waals surface area contributed by atoms with E-state index in [1.165, 1.54) is 0 Å². The van der Waals surface area contributed by atoms with Gasteiger partial charge in [-0.1, -0.05) is 18.2 Å². The number of hydrogen-bond donors (Lipinski definition) is 3. The summed E-state index contributed by atoms with van der Waals surface area (Å²) in [5.41, 5.74) is 2.40. The van der Waals surface area contributed by atoms with Gasteiger partial charge in [0.05, 0.1) is 12.6 Å². The van der Waals surface area contributed by atoms with Crippen LogP contribution in [0.5, 0.6) is 0 Å². The van der Waals surface area contributed by atoms with Gasteiger partial charge in [-0.2, -0.15) is 19.6 Å². The molecule has 2 amide bonds. The Balaban J connectivity index is 1.80. The summed E-state index contributed by atoms with van der Waals surface area (Å²) in [5.74, 6) is 0.231. The van der Waals surface area contributed by atoms with Gasteiger partial charge in [-0.05, 0) is 25.1 Å². The number of anilines is 3. The average molecular weight is 363 g/mol. The quantitative estimate of drug-likeness (QED) is 0.467. The number of amides is 2. The number of para-hydroxylation sites is 1. The molecule has 0 bridgehead atoms. The second-order valence-electron chi connectivity index (χ2n) is 5.95. The van der Waals surface area contributed by atoms with Crippen LogP contribution in [-0.4, -0.2) is 37.9 Å². The van der Waals surface area contributed by atoms with Crippen molar-refractivity contribution in [1.82, 2.24) is 24.9 Å². The monoisotopic (exact) mass is 363 g/mol. The number of nitrogens with zero attached hydrogens (tertiary/aromatic N) is 4. The highest BCUT2D eigenvalue weighted by Gasteiger charge is 2.24. The van der Waals surface area contributed by atoms with Gasteiger partial charge >= 0.3 is 0 Å². The van der Waals surface area contributed by atoms with Crippen LogP contribution in [0.2, 0.25) is 0 Å². The molecular weight excluding hydrogens is 346 g/mol. The number of fused-ring (bicyclic) bond motifs is 1. The molecule has 0 saturated carbocycles. The van der Waals surface area contributed by atoms with Gasteiger partial charge in [-0.3, -0.25) is 14.9 Å². The molecule has 0 atom stereocenters. The van der Waals surface area contributed by atoms with Crippen LogP contribution >= 0.6 is 0 Å². The van der Waals surface area contributed by atoms with Crippen LogP contribution in [0.3, 0.4) is 0 Å². The van der Waals surface area contributed by atoms with Crippen LogP contribution in [0.15, 0.2) is 42.1 Å². The average Bonchev–Trinajstić information content (AvgIpc) is 3.19. The maximum absolute atomic E-state index is 11.8. The Labute approximate surface area is 154 Å². The highest BCUT2D eigenvalue weighted by molar-refractivity contribution is 6.15. The SMILES string of the molecule is CCNc1nc(Nc2ccccc2)n2ncc(C=C3CC(=O)NC3=O)c2n1. The van der Waals surface area contributed by atoms with E-state index in [2.05, 4.69) is 31.0 Å². The molecule has 3 heterocycles. The van der Waals surface area contributed by atoms with Crippen molar-refractivity contribution in [3.8, 4) is 0 Å². The maximum Gasteiger partial charge on any atom is 0.254 e. The molecule has 3 N–H and O–H groups in total. The minimum Gasteiger partial charge on any atom is -0.354 e. The van der Waals surface area contributed by atoms with Crippen LogP contribution in [-0.2, 0) is 9.59 Å². The first kappa shape index (κ1) is 16.7. The number of rotatable bonds is 5. The van der Waals surface area contributed by atoms with Crippen LogP contribution in [0, 0.1) is 0 Å². The van der Waals surface area contributed by atoms with E-state index in [1.54, 1.807) is 16.8 Å². The molecular formula is C18H17N7O2. The summed E-state index contributed by atoms with van der Waals surface area (Å²) in [6.07, 6.45) is 3.28. The summed E-state index contributed by atoms with van der Waals surface area (Å²) in [4.78, 5) is 32.2. The zero-order chi connectivity index (χ0) is 18.8. The Morgan fingerprint density at radius 2 is 2.04 bits per heavy atom. The van der Waals surface area contributed by atoms with Crippen molar-refractivity contribution in [2.24, 2.45) is 0 Å². The van der Waals surface area contributed by atoms with Gasteiger partial charge in [0.15, 0.2) is 5.65 Å². The number of imide groups is 1. The lowest BCUT2D eigenvalue weighted by Gasteiger charge is -2.10. The van der Waals surface area contributed by atoms with Crippen molar-refractivity contribution in [3.63, 3.8) is 0 Å². The minimum absolute atomic E-state index is 0.0520. The third-order valence-electron chi connectivity index (χ3n) is 3.99. The summed E-state index contributed by atoms with van der Waals surface area (Å²) in [5, 5.41) is 12.9. The second-order valence-corrected chi connectivity index (χ2v) is 5.95. The van der Waals surface area contributed by atoms with Crippen LogP contribution in [0.1, 0.15) is 18.9 Å². The van der Waals surface area contributed by atoms with Gasteiger partial charge < -0.3 is 10.6 Å². The minimum atomic E-state index is -0.386. The molecule has 27 heavy (non-hydrogen) atoms. The Morgan fingerprint density at radius 1 is 1.22 bits per heavy atom. The molecule has 1 aliphatic heterocycles. The predicted octanol–water partition coefficient (Wildman–Crippen LogP) is 1.73. The van der Waals surface area contributed by atoms with Crippen LogP contribution in [0.25, 0.3) is 11.7 Å². The Bertz CT molecular complexity index is 1060. The first-order valence-electron chi connectivity index (χ1n) is 8.50. The molecule has 3 aromatic rings. The molecule has 4 rings (SSSR count). The first-order chi connectivity index (χ1) is 13.1. The van der Waals surface area contributed by atoms with E-state index in [-0.39, 0.29) is 18.2 Å². The molecule has 0 spiro atoms. The zero-order valence-electron chi connectivity index (χ0n) is 14.6. The van der Waals surface area contributed by atoms with Crippen molar-refractivity contribution >= 4 is 41.1 Å². The third-order valence-corrected chi connectivity index (χ3v) is 3.99. The van der Waals surface area contributed by atoms with Crippen molar-refractivity contribution in [2.75, 3.05) is 17.2 Å². The lowest BCUT2D eigenvalue weighted by molar-refractivity contribution is -0.124. The smallest absolute Gasteiger partial charge is 0.254 e. The molecule has 1 saturated heterocycles. The molecule has 2 aromatic heterocycles. The zero-order valence-corrected chi connectivity index (χ0v) is 14.6. The van der Waals surface area contributed by atoms with Gasteiger partial charge in [-0.15, -0.1) is 0 Å². The number of benzene rings is 1. The van der Waals surface area contributed by atoms with E-state index < -0.39 is 0 Å². The summed E-state index contributed by atoms with van der Waals surface area (Å²) >= 11 is 0. The van der Waals surface area contributed by atoms with Crippen molar-refractivity contribution in [3.05, 3.63) is 47.7 Å². The first-order valence-corrected chi connectivity index (χ1v) is 8.50. The Hall–Kier alpha value is -3.75. The Kier molecular flexibility index (Phi) is 4.25. The van der Waals surface area contributed by atoms with Crippen LogP contribution in [0.4, 0.5) is 17.6 Å².